The van der Waals surface area contributed by atoms with Crippen LogP contribution in [0.4, 0.5) is 0 Å². The predicted octanol–water partition coefficient (Wildman–Crippen LogP) is 1.79. The Morgan fingerprint density at radius 1 is 1.52 bits per heavy atom. The lowest BCUT2D eigenvalue weighted by Gasteiger charge is -2.29. The average Bonchev–Trinajstić information content (AvgIpc) is 2.98. The Balaban J connectivity index is 1.91. The van der Waals surface area contributed by atoms with E-state index in [1.165, 1.54) is 11.3 Å². The van der Waals surface area contributed by atoms with Gasteiger partial charge < -0.3 is 5.32 Å². The number of rotatable bonds is 4. The van der Waals surface area contributed by atoms with Crippen LogP contribution in [0.5, 0.6) is 0 Å². The Labute approximate surface area is 127 Å². The minimum absolute atomic E-state index is 0.223. The van der Waals surface area contributed by atoms with E-state index in [-0.39, 0.29) is 17.0 Å². The highest BCUT2D eigenvalue weighted by atomic mass is 32.2. The van der Waals surface area contributed by atoms with E-state index in [1.54, 1.807) is 0 Å². The van der Waals surface area contributed by atoms with Crippen LogP contribution in [0.15, 0.2) is 6.20 Å². The van der Waals surface area contributed by atoms with Crippen molar-refractivity contribution in [3.63, 3.8) is 0 Å². The predicted molar refractivity (Wildman–Crippen MR) is 83.1 cm³/mol. The molecule has 1 aliphatic heterocycles. The Morgan fingerprint density at radius 2 is 2.33 bits per heavy atom. The van der Waals surface area contributed by atoms with E-state index >= 15 is 0 Å². The molecule has 2 aliphatic rings. The van der Waals surface area contributed by atoms with Crippen LogP contribution in [0.25, 0.3) is 0 Å². The lowest BCUT2D eigenvalue weighted by Crippen LogP contribution is -2.35. The summed E-state index contributed by atoms with van der Waals surface area (Å²) in [4.78, 5) is 0. The number of sulfone groups is 1. The van der Waals surface area contributed by atoms with Crippen LogP contribution in [-0.4, -0.2) is 36.2 Å². The lowest BCUT2D eigenvalue weighted by molar-refractivity contribution is 0.311. The van der Waals surface area contributed by atoms with Crippen molar-refractivity contribution in [2.75, 3.05) is 18.1 Å². The van der Waals surface area contributed by atoms with Crippen LogP contribution in [0.3, 0.4) is 0 Å². The van der Waals surface area contributed by atoms with E-state index in [9.17, 15) is 8.42 Å². The largest absolute Gasteiger partial charge is 0.310 e. The highest BCUT2D eigenvalue weighted by molar-refractivity contribution is 7.91. The van der Waals surface area contributed by atoms with Crippen molar-refractivity contribution >= 4 is 9.84 Å². The van der Waals surface area contributed by atoms with Crippen molar-refractivity contribution in [2.45, 2.75) is 57.5 Å². The third kappa shape index (κ3) is 2.75. The molecule has 2 atom stereocenters. The summed E-state index contributed by atoms with van der Waals surface area (Å²) in [6.45, 7) is 5.22. The van der Waals surface area contributed by atoms with E-state index in [0.29, 0.717) is 12.5 Å². The number of hydrogen-bond acceptors (Lipinski definition) is 4. The van der Waals surface area contributed by atoms with E-state index in [0.717, 1.165) is 32.2 Å². The molecular formula is C15H25N3O2S. The Hall–Kier alpha value is -0.880. The molecule has 1 aromatic heterocycles. The van der Waals surface area contributed by atoms with Gasteiger partial charge in [0.15, 0.2) is 9.84 Å². The Morgan fingerprint density at radius 3 is 3.00 bits per heavy atom. The number of nitrogens with one attached hydrogen (secondary N) is 1. The Bertz CT molecular complexity index is 623. The van der Waals surface area contributed by atoms with E-state index in [4.69, 9.17) is 0 Å². The number of fused-ring (bicyclic) bond motifs is 1. The molecule has 2 heterocycles. The van der Waals surface area contributed by atoms with E-state index in [2.05, 4.69) is 17.3 Å². The minimum atomic E-state index is -2.91. The van der Waals surface area contributed by atoms with Crippen LogP contribution >= 0.6 is 0 Å². The van der Waals surface area contributed by atoms with Crippen LogP contribution in [0.2, 0.25) is 0 Å². The zero-order valence-electron chi connectivity index (χ0n) is 12.9. The summed E-state index contributed by atoms with van der Waals surface area (Å²) in [7, 11) is -2.91. The van der Waals surface area contributed by atoms with Crippen molar-refractivity contribution in [2.24, 2.45) is 0 Å². The third-order valence-corrected chi connectivity index (χ3v) is 6.71. The zero-order chi connectivity index (χ0) is 15.1. The molecule has 1 saturated heterocycles. The second kappa shape index (κ2) is 5.39. The lowest BCUT2D eigenvalue weighted by atomic mass is 9.91. The molecular weight excluding hydrogens is 286 g/mol. The van der Waals surface area contributed by atoms with Gasteiger partial charge in [-0.25, -0.2) is 8.42 Å². The molecule has 21 heavy (non-hydrogen) atoms. The summed E-state index contributed by atoms with van der Waals surface area (Å²) >= 11 is 0. The van der Waals surface area contributed by atoms with Gasteiger partial charge in [0.2, 0.25) is 0 Å². The summed E-state index contributed by atoms with van der Waals surface area (Å²) in [5.41, 5.74) is 2.16. The fraction of sp³-hybridized carbons (Fsp3) is 0.800. The third-order valence-electron chi connectivity index (χ3n) is 4.82. The fourth-order valence-electron chi connectivity index (χ4n) is 3.71. The summed E-state index contributed by atoms with van der Waals surface area (Å²) in [6.07, 6.45) is 7.05. The molecule has 118 valence electrons. The molecule has 6 heteroatoms. The monoisotopic (exact) mass is 311 g/mol. The summed E-state index contributed by atoms with van der Waals surface area (Å²) in [5.74, 6) is 0.511. The average molecular weight is 311 g/mol. The zero-order valence-corrected chi connectivity index (χ0v) is 13.7. The van der Waals surface area contributed by atoms with Crippen molar-refractivity contribution < 1.29 is 8.42 Å². The molecule has 0 saturated carbocycles. The number of hydrogen-bond donors (Lipinski definition) is 1. The van der Waals surface area contributed by atoms with Crippen LogP contribution in [0, 0.1) is 0 Å². The quantitative estimate of drug-likeness (QED) is 0.921. The standard InChI is InChI=1S/C15H25N3O2S/c1-3-8-16-13-5-4-6-14-12(13)10-17-18(14)15(2)7-9-21(19,20)11-15/h10,13,16H,3-9,11H2,1-2H3. The van der Waals surface area contributed by atoms with Gasteiger partial charge in [-0.05, 0) is 45.6 Å². The maximum atomic E-state index is 11.9. The van der Waals surface area contributed by atoms with Crippen molar-refractivity contribution in [1.29, 1.82) is 0 Å². The van der Waals surface area contributed by atoms with Gasteiger partial charge in [-0.15, -0.1) is 0 Å². The molecule has 1 aliphatic carbocycles. The SMILES string of the molecule is CCCNC1CCCc2c1cnn2C1(C)CCS(=O)(=O)C1. The summed E-state index contributed by atoms with van der Waals surface area (Å²) in [6, 6.07) is 0.379. The maximum Gasteiger partial charge on any atom is 0.152 e. The molecule has 0 aromatic carbocycles. The van der Waals surface area contributed by atoms with Crippen LogP contribution < -0.4 is 5.32 Å². The van der Waals surface area contributed by atoms with Gasteiger partial charge >= 0.3 is 0 Å². The minimum Gasteiger partial charge on any atom is -0.310 e. The van der Waals surface area contributed by atoms with Crippen LogP contribution in [-0.2, 0) is 21.8 Å². The van der Waals surface area contributed by atoms with Gasteiger partial charge in [0.1, 0.15) is 0 Å². The van der Waals surface area contributed by atoms with Gasteiger partial charge in [0.05, 0.1) is 23.2 Å². The molecule has 0 radical (unpaired) electrons. The van der Waals surface area contributed by atoms with E-state index < -0.39 is 9.84 Å². The maximum absolute atomic E-state index is 11.9. The first-order valence-electron chi connectivity index (χ1n) is 7.96. The van der Waals surface area contributed by atoms with Gasteiger partial charge in [-0.1, -0.05) is 6.92 Å². The molecule has 1 aromatic rings. The second-order valence-corrected chi connectivity index (χ2v) is 8.88. The summed E-state index contributed by atoms with van der Waals surface area (Å²) < 4.78 is 25.7. The van der Waals surface area contributed by atoms with Crippen molar-refractivity contribution in [1.82, 2.24) is 15.1 Å². The molecule has 5 nitrogen and oxygen atoms in total. The Kier molecular flexibility index (Phi) is 3.86. The first-order valence-corrected chi connectivity index (χ1v) is 9.78. The van der Waals surface area contributed by atoms with Crippen molar-refractivity contribution in [3.8, 4) is 0 Å². The smallest absolute Gasteiger partial charge is 0.152 e. The van der Waals surface area contributed by atoms with Gasteiger partial charge in [0.25, 0.3) is 0 Å². The highest BCUT2D eigenvalue weighted by Gasteiger charge is 2.42. The topological polar surface area (TPSA) is 64.0 Å². The molecule has 3 rings (SSSR count). The molecule has 0 bridgehead atoms. The summed E-state index contributed by atoms with van der Waals surface area (Å²) in [5, 5.41) is 8.18. The second-order valence-electron chi connectivity index (χ2n) is 6.70. The first kappa shape index (κ1) is 15.0. The van der Waals surface area contributed by atoms with Gasteiger partial charge in [0, 0.05) is 17.3 Å². The van der Waals surface area contributed by atoms with Gasteiger partial charge in [-0.2, -0.15) is 5.10 Å². The molecule has 0 spiro atoms. The molecule has 0 amide bonds. The number of nitrogens with zero attached hydrogens (tertiary/aromatic N) is 2. The number of aromatic nitrogens is 2. The molecule has 1 N–H and O–H groups in total. The molecule has 1 fully saturated rings. The normalized spacial score (nSPS) is 31.2. The van der Waals surface area contributed by atoms with Crippen molar-refractivity contribution in [3.05, 3.63) is 17.5 Å². The van der Waals surface area contributed by atoms with E-state index in [1.807, 2.05) is 17.8 Å². The fourth-order valence-corrected chi connectivity index (χ4v) is 5.82. The highest BCUT2D eigenvalue weighted by Crippen LogP contribution is 2.36. The molecule has 2 unspecified atom stereocenters. The van der Waals surface area contributed by atoms with Gasteiger partial charge in [-0.3, -0.25) is 4.68 Å². The first-order chi connectivity index (χ1) is 9.95. The van der Waals surface area contributed by atoms with Crippen LogP contribution in [0.1, 0.15) is 56.8 Å².